The largest absolute Gasteiger partial charge is 0.392 e. The monoisotopic (exact) mass is 240 g/mol. The molecule has 0 aromatic carbocycles. The van der Waals surface area contributed by atoms with E-state index < -0.39 is 8.56 Å². The molecule has 0 saturated heterocycles. The van der Waals surface area contributed by atoms with E-state index >= 15 is 0 Å². The Labute approximate surface area is 101 Å². The molecule has 0 amide bonds. The predicted molar refractivity (Wildman–Crippen MR) is 70.6 cm³/mol. The van der Waals surface area contributed by atoms with E-state index in [2.05, 4.69) is 25.6 Å². The zero-order valence-corrected chi connectivity index (χ0v) is 12.0. The summed E-state index contributed by atoms with van der Waals surface area (Å²) in [6.45, 7) is 9.98. The molecular weight excluding hydrogens is 216 g/mol. The third-order valence-electron chi connectivity index (χ3n) is 2.94. The molecule has 0 N–H and O–H groups in total. The summed E-state index contributed by atoms with van der Waals surface area (Å²) >= 11 is 0. The molecule has 1 rings (SSSR count). The van der Waals surface area contributed by atoms with Crippen molar-refractivity contribution in [1.29, 1.82) is 0 Å². The van der Waals surface area contributed by atoms with E-state index in [1.165, 1.54) is 17.2 Å². The Bertz CT molecular complexity index is 276. The topological polar surface area (TPSA) is 18.5 Å². The number of hydrogen-bond acceptors (Lipinski definition) is 2. The van der Waals surface area contributed by atoms with E-state index in [1.54, 1.807) is 0 Å². The van der Waals surface area contributed by atoms with Crippen LogP contribution < -0.4 is 0 Å². The van der Waals surface area contributed by atoms with Crippen molar-refractivity contribution in [2.24, 2.45) is 0 Å². The fourth-order valence-corrected chi connectivity index (χ4v) is 5.11. The maximum Gasteiger partial charge on any atom is 0.365 e. The van der Waals surface area contributed by atoms with Crippen molar-refractivity contribution in [1.82, 2.24) is 0 Å². The quantitative estimate of drug-likeness (QED) is 0.631. The normalized spacial score (nSPS) is 16.2. The van der Waals surface area contributed by atoms with Crippen LogP contribution in [0.4, 0.5) is 0 Å². The Kier molecular flexibility index (Phi) is 5.45. The SMILES string of the molecule is CCCC1=C([Si](C)(OCC)OCC)CC=C1. The van der Waals surface area contributed by atoms with Gasteiger partial charge < -0.3 is 8.85 Å². The first-order valence-corrected chi connectivity index (χ1v) is 8.66. The molecule has 3 heteroatoms. The van der Waals surface area contributed by atoms with Gasteiger partial charge in [0.25, 0.3) is 0 Å². The Morgan fingerprint density at radius 2 is 1.81 bits per heavy atom. The van der Waals surface area contributed by atoms with Gasteiger partial charge in [0.2, 0.25) is 0 Å². The summed E-state index contributed by atoms with van der Waals surface area (Å²) in [6, 6.07) is 0. The third-order valence-corrected chi connectivity index (χ3v) is 6.24. The average molecular weight is 240 g/mol. The van der Waals surface area contributed by atoms with Crippen LogP contribution in [0.3, 0.4) is 0 Å². The first-order valence-electron chi connectivity index (χ1n) is 6.34. The summed E-state index contributed by atoms with van der Waals surface area (Å²) in [5.74, 6) is 0. The van der Waals surface area contributed by atoms with Crippen molar-refractivity contribution >= 4 is 8.56 Å². The molecule has 0 radical (unpaired) electrons. The summed E-state index contributed by atoms with van der Waals surface area (Å²) in [4.78, 5) is 0. The highest BCUT2D eigenvalue weighted by molar-refractivity contribution is 6.74. The fraction of sp³-hybridized carbons (Fsp3) is 0.692. The van der Waals surface area contributed by atoms with Gasteiger partial charge in [-0.1, -0.05) is 25.5 Å². The summed E-state index contributed by atoms with van der Waals surface area (Å²) < 4.78 is 11.9. The second-order valence-corrected chi connectivity index (χ2v) is 7.24. The molecule has 0 heterocycles. The molecule has 92 valence electrons. The Morgan fingerprint density at radius 1 is 1.19 bits per heavy atom. The third kappa shape index (κ3) is 3.06. The van der Waals surface area contributed by atoms with Crippen LogP contribution in [0.25, 0.3) is 0 Å². The molecule has 0 saturated carbocycles. The zero-order chi connectivity index (χ0) is 12.0. The fourth-order valence-electron chi connectivity index (χ4n) is 2.30. The van der Waals surface area contributed by atoms with Crippen molar-refractivity contribution in [3.63, 3.8) is 0 Å². The zero-order valence-electron chi connectivity index (χ0n) is 11.0. The first kappa shape index (κ1) is 13.7. The van der Waals surface area contributed by atoms with E-state index in [-0.39, 0.29) is 0 Å². The van der Waals surface area contributed by atoms with Gasteiger partial charge in [0.1, 0.15) is 0 Å². The van der Waals surface area contributed by atoms with Gasteiger partial charge in [-0.25, -0.2) is 0 Å². The molecule has 1 aliphatic rings. The Hall–Kier alpha value is -0.383. The number of hydrogen-bond donors (Lipinski definition) is 0. The van der Waals surface area contributed by atoms with Crippen LogP contribution in [-0.2, 0) is 8.85 Å². The van der Waals surface area contributed by atoms with Gasteiger partial charge in [-0.05, 0) is 44.0 Å². The molecule has 0 fully saturated rings. The van der Waals surface area contributed by atoms with Crippen molar-refractivity contribution in [3.8, 4) is 0 Å². The lowest BCUT2D eigenvalue weighted by molar-refractivity contribution is 0.197. The van der Waals surface area contributed by atoms with E-state index in [1.807, 2.05) is 13.8 Å². The number of rotatable bonds is 7. The molecule has 1 aliphatic carbocycles. The average Bonchev–Trinajstić information content (AvgIpc) is 2.68. The van der Waals surface area contributed by atoms with Gasteiger partial charge in [-0.3, -0.25) is 0 Å². The van der Waals surface area contributed by atoms with Crippen LogP contribution in [0, 0.1) is 0 Å². The maximum atomic E-state index is 5.95. The van der Waals surface area contributed by atoms with Crippen LogP contribution in [0.15, 0.2) is 22.9 Å². The molecule has 0 unspecified atom stereocenters. The first-order chi connectivity index (χ1) is 7.68. The molecule has 0 atom stereocenters. The highest BCUT2D eigenvalue weighted by atomic mass is 28.4. The van der Waals surface area contributed by atoms with Gasteiger partial charge in [-0.2, -0.15) is 0 Å². The molecule has 0 aliphatic heterocycles. The van der Waals surface area contributed by atoms with Crippen LogP contribution in [0.1, 0.15) is 40.0 Å². The van der Waals surface area contributed by atoms with Crippen LogP contribution >= 0.6 is 0 Å². The minimum absolute atomic E-state index is 0.742. The summed E-state index contributed by atoms with van der Waals surface area (Å²) in [5.41, 5.74) is 1.46. The standard InChI is InChI=1S/C13H24O2Si/c1-5-9-12-10-8-11-13(12)16(4,14-6-2)15-7-3/h8,10H,5-7,9,11H2,1-4H3. The lowest BCUT2D eigenvalue weighted by atomic mass is 10.2. The van der Waals surface area contributed by atoms with E-state index in [9.17, 15) is 0 Å². The van der Waals surface area contributed by atoms with E-state index in [4.69, 9.17) is 8.85 Å². The second kappa shape index (κ2) is 6.38. The van der Waals surface area contributed by atoms with Gasteiger partial charge in [-0.15, -0.1) is 0 Å². The smallest absolute Gasteiger partial charge is 0.365 e. The van der Waals surface area contributed by atoms with Crippen molar-refractivity contribution in [2.75, 3.05) is 13.2 Å². The van der Waals surface area contributed by atoms with Crippen molar-refractivity contribution in [2.45, 2.75) is 46.6 Å². The maximum absolute atomic E-state index is 5.95. The molecule has 2 nitrogen and oxygen atoms in total. The summed E-state index contributed by atoms with van der Waals surface area (Å²) in [7, 11) is -2.10. The Balaban J connectivity index is 2.89. The summed E-state index contributed by atoms with van der Waals surface area (Å²) in [6.07, 6.45) is 7.85. The highest BCUT2D eigenvalue weighted by Gasteiger charge is 2.37. The van der Waals surface area contributed by atoms with Crippen LogP contribution in [-0.4, -0.2) is 21.8 Å². The lowest BCUT2D eigenvalue weighted by Gasteiger charge is -2.28. The van der Waals surface area contributed by atoms with E-state index in [0.717, 1.165) is 26.1 Å². The van der Waals surface area contributed by atoms with Gasteiger partial charge in [0.05, 0.1) is 0 Å². The molecule has 0 spiro atoms. The molecule has 16 heavy (non-hydrogen) atoms. The Morgan fingerprint density at radius 3 is 2.31 bits per heavy atom. The second-order valence-electron chi connectivity index (χ2n) is 4.17. The van der Waals surface area contributed by atoms with Crippen molar-refractivity contribution in [3.05, 3.63) is 22.9 Å². The van der Waals surface area contributed by atoms with Crippen LogP contribution in [0.2, 0.25) is 6.55 Å². The van der Waals surface area contributed by atoms with Gasteiger partial charge >= 0.3 is 8.56 Å². The van der Waals surface area contributed by atoms with E-state index in [0.29, 0.717) is 0 Å². The number of allylic oxidation sites excluding steroid dienone is 4. The highest BCUT2D eigenvalue weighted by Crippen LogP contribution is 2.32. The minimum Gasteiger partial charge on any atom is -0.392 e. The van der Waals surface area contributed by atoms with Crippen LogP contribution in [0.5, 0.6) is 0 Å². The summed E-state index contributed by atoms with van der Waals surface area (Å²) in [5, 5.41) is 1.44. The minimum atomic E-state index is -2.10. The predicted octanol–water partition coefficient (Wildman–Crippen LogP) is 3.73. The van der Waals surface area contributed by atoms with Gasteiger partial charge in [0, 0.05) is 13.2 Å². The molecule has 0 aromatic rings. The lowest BCUT2D eigenvalue weighted by Crippen LogP contribution is -2.41. The molecule has 0 bridgehead atoms. The molecule has 0 aromatic heterocycles. The van der Waals surface area contributed by atoms with Crippen molar-refractivity contribution < 1.29 is 8.85 Å². The molecular formula is C13H24O2Si. The van der Waals surface area contributed by atoms with Gasteiger partial charge in [0.15, 0.2) is 0 Å².